The van der Waals surface area contributed by atoms with Gasteiger partial charge in [0.25, 0.3) is 0 Å². The first-order chi connectivity index (χ1) is 9.43. The summed E-state index contributed by atoms with van der Waals surface area (Å²) in [6, 6.07) is 5.96. The number of halogens is 2. The van der Waals surface area contributed by atoms with Crippen molar-refractivity contribution >= 4 is 31.9 Å². The molecular weight excluding hydrogens is 384 g/mol. The topological polar surface area (TPSA) is 38.0 Å². The van der Waals surface area contributed by atoms with Crippen molar-refractivity contribution in [3.05, 3.63) is 49.7 Å². The van der Waals surface area contributed by atoms with Crippen molar-refractivity contribution < 1.29 is 5.11 Å². The van der Waals surface area contributed by atoms with Crippen LogP contribution in [0.15, 0.2) is 27.1 Å². The number of hydrogen-bond donors (Lipinski definition) is 1. The van der Waals surface area contributed by atoms with Crippen LogP contribution < -0.4 is 0 Å². The normalized spacial score (nSPS) is 12.7. The lowest BCUT2D eigenvalue weighted by molar-refractivity contribution is 0.175. The van der Waals surface area contributed by atoms with Crippen molar-refractivity contribution in [1.29, 1.82) is 0 Å². The highest BCUT2D eigenvalue weighted by atomic mass is 79.9. The number of nitrogens with zero attached hydrogens (tertiary/aromatic N) is 2. The Labute approximate surface area is 136 Å². The largest absolute Gasteiger partial charge is 0.388 e. The third-order valence-corrected chi connectivity index (χ3v) is 5.31. The predicted molar refractivity (Wildman–Crippen MR) is 87.9 cm³/mol. The van der Waals surface area contributed by atoms with Crippen LogP contribution in [0.1, 0.15) is 35.5 Å². The van der Waals surface area contributed by atoms with E-state index in [1.54, 1.807) is 0 Å². The third kappa shape index (κ3) is 3.15. The molecule has 1 N–H and O–H groups in total. The van der Waals surface area contributed by atoms with Gasteiger partial charge < -0.3 is 5.11 Å². The Kier molecular flexibility index (Phi) is 5.04. The van der Waals surface area contributed by atoms with E-state index in [1.807, 2.05) is 36.7 Å². The maximum atomic E-state index is 10.5. The molecule has 1 aromatic heterocycles. The van der Waals surface area contributed by atoms with Crippen molar-refractivity contribution in [1.82, 2.24) is 9.78 Å². The standard InChI is InChI=1S/C15H18Br2N2O/c1-4-19-13(15(17)10(3)18-19)8-14(20)11-6-5-9(2)12(16)7-11/h5-7,14,20H,4,8H2,1-3H3. The van der Waals surface area contributed by atoms with Crippen molar-refractivity contribution in [2.75, 3.05) is 0 Å². The van der Waals surface area contributed by atoms with E-state index in [2.05, 4.69) is 43.9 Å². The fourth-order valence-electron chi connectivity index (χ4n) is 2.18. The molecule has 108 valence electrons. The molecular formula is C15H18Br2N2O. The molecule has 1 atom stereocenters. The van der Waals surface area contributed by atoms with Crippen LogP contribution >= 0.6 is 31.9 Å². The van der Waals surface area contributed by atoms with Gasteiger partial charge in [0.1, 0.15) is 0 Å². The average Bonchev–Trinajstić information content (AvgIpc) is 2.69. The number of rotatable bonds is 4. The molecule has 1 unspecified atom stereocenters. The van der Waals surface area contributed by atoms with E-state index >= 15 is 0 Å². The molecule has 5 heteroatoms. The summed E-state index contributed by atoms with van der Waals surface area (Å²) < 4.78 is 3.95. The second kappa shape index (κ2) is 6.41. The van der Waals surface area contributed by atoms with Crippen LogP contribution in [0.5, 0.6) is 0 Å². The summed E-state index contributed by atoms with van der Waals surface area (Å²) in [6.07, 6.45) is 0.00899. The average molecular weight is 402 g/mol. The SMILES string of the molecule is CCn1nc(C)c(Br)c1CC(O)c1ccc(C)c(Br)c1. The van der Waals surface area contributed by atoms with E-state index in [4.69, 9.17) is 0 Å². The number of hydrogen-bond acceptors (Lipinski definition) is 2. The maximum absolute atomic E-state index is 10.5. The first kappa shape index (κ1) is 15.7. The summed E-state index contributed by atoms with van der Waals surface area (Å²) >= 11 is 7.07. The van der Waals surface area contributed by atoms with Crippen LogP contribution in [0.2, 0.25) is 0 Å². The van der Waals surface area contributed by atoms with E-state index in [1.165, 1.54) is 0 Å². The van der Waals surface area contributed by atoms with Gasteiger partial charge in [0.05, 0.1) is 22.0 Å². The Morgan fingerprint density at radius 3 is 2.60 bits per heavy atom. The number of benzene rings is 1. The lowest BCUT2D eigenvalue weighted by atomic mass is 10.0. The molecule has 0 bridgehead atoms. The van der Waals surface area contributed by atoms with Crippen molar-refractivity contribution in [2.24, 2.45) is 0 Å². The lowest BCUT2D eigenvalue weighted by Crippen LogP contribution is -2.09. The van der Waals surface area contributed by atoms with E-state index in [9.17, 15) is 5.11 Å². The van der Waals surface area contributed by atoms with E-state index in [0.717, 1.165) is 38.0 Å². The van der Waals surface area contributed by atoms with Gasteiger partial charge in [-0.25, -0.2) is 0 Å². The highest BCUT2D eigenvalue weighted by Crippen LogP contribution is 2.28. The van der Waals surface area contributed by atoms with E-state index in [-0.39, 0.29) is 0 Å². The van der Waals surface area contributed by atoms with Crippen molar-refractivity contribution in [3.63, 3.8) is 0 Å². The summed E-state index contributed by atoms with van der Waals surface area (Å²) in [5, 5.41) is 14.9. The molecule has 0 radical (unpaired) electrons. The molecule has 0 saturated heterocycles. The molecule has 0 aliphatic rings. The van der Waals surface area contributed by atoms with Crippen molar-refractivity contribution in [2.45, 2.75) is 39.8 Å². The van der Waals surface area contributed by atoms with Gasteiger partial charge in [-0.3, -0.25) is 4.68 Å². The van der Waals surface area contributed by atoms with Gasteiger partial charge in [0.2, 0.25) is 0 Å². The molecule has 0 aliphatic heterocycles. The minimum Gasteiger partial charge on any atom is -0.388 e. The van der Waals surface area contributed by atoms with Gasteiger partial charge in [-0.05, 0) is 53.9 Å². The second-order valence-electron chi connectivity index (χ2n) is 4.89. The van der Waals surface area contributed by atoms with Crippen molar-refractivity contribution in [3.8, 4) is 0 Å². The van der Waals surface area contributed by atoms with Crippen LogP contribution in [0.4, 0.5) is 0 Å². The highest BCUT2D eigenvalue weighted by Gasteiger charge is 2.17. The predicted octanol–water partition coefficient (Wildman–Crippen LogP) is 4.32. The van der Waals surface area contributed by atoms with Crippen LogP contribution in [0, 0.1) is 13.8 Å². The zero-order chi connectivity index (χ0) is 14.9. The molecule has 2 rings (SSSR count). The molecule has 1 aromatic carbocycles. The maximum Gasteiger partial charge on any atom is 0.0846 e. The van der Waals surface area contributed by atoms with Gasteiger partial charge in [-0.15, -0.1) is 0 Å². The Hall–Kier alpha value is -0.650. The zero-order valence-electron chi connectivity index (χ0n) is 11.8. The van der Waals surface area contributed by atoms with Gasteiger partial charge in [-0.1, -0.05) is 28.1 Å². The molecule has 20 heavy (non-hydrogen) atoms. The van der Waals surface area contributed by atoms with Crippen LogP contribution in [-0.4, -0.2) is 14.9 Å². The monoisotopic (exact) mass is 400 g/mol. The number of aryl methyl sites for hydroxylation is 3. The fraction of sp³-hybridized carbons (Fsp3) is 0.400. The Morgan fingerprint density at radius 2 is 2.00 bits per heavy atom. The molecule has 0 aliphatic carbocycles. The van der Waals surface area contributed by atoms with Crippen LogP contribution in [0.3, 0.4) is 0 Å². The smallest absolute Gasteiger partial charge is 0.0846 e. The van der Waals surface area contributed by atoms with E-state index in [0.29, 0.717) is 6.42 Å². The summed E-state index contributed by atoms with van der Waals surface area (Å²) in [4.78, 5) is 0. The fourth-order valence-corrected chi connectivity index (χ4v) is 3.02. The van der Waals surface area contributed by atoms with Crippen LogP contribution in [-0.2, 0) is 13.0 Å². The first-order valence-corrected chi connectivity index (χ1v) is 8.18. The molecule has 1 heterocycles. The minimum atomic E-state index is -0.537. The zero-order valence-corrected chi connectivity index (χ0v) is 15.0. The first-order valence-electron chi connectivity index (χ1n) is 6.60. The van der Waals surface area contributed by atoms with Gasteiger partial charge >= 0.3 is 0 Å². The van der Waals surface area contributed by atoms with Gasteiger partial charge in [0, 0.05) is 17.4 Å². The summed E-state index contributed by atoms with van der Waals surface area (Å²) in [5.41, 5.74) is 4.07. The Morgan fingerprint density at radius 1 is 1.30 bits per heavy atom. The summed E-state index contributed by atoms with van der Waals surface area (Å²) in [5.74, 6) is 0. The Bertz CT molecular complexity index is 623. The summed E-state index contributed by atoms with van der Waals surface area (Å²) in [7, 11) is 0. The quantitative estimate of drug-likeness (QED) is 0.828. The van der Waals surface area contributed by atoms with Gasteiger partial charge in [0.15, 0.2) is 0 Å². The molecule has 0 fully saturated rings. The second-order valence-corrected chi connectivity index (χ2v) is 6.54. The third-order valence-electron chi connectivity index (χ3n) is 3.42. The molecule has 0 amide bonds. The lowest BCUT2D eigenvalue weighted by Gasteiger charge is -2.13. The molecule has 3 nitrogen and oxygen atoms in total. The van der Waals surface area contributed by atoms with Crippen LogP contribution in [0.25, 0.3) is 0 Å². The van der Waals surface area contributed by atoms with E-state index < -0.39 is 6.10 Å². The number of aliphatic hydroxyl groups excluding tert-OH is 1. The minimum absolute atomic E-state index is 0.537. The molecule has 0 saturated carbocycles. The number of aromatic nitrogens is 2. The highest BCUT2D eigenvalue weighted by molar-refractivity contribution is 9.10. The van der Waals surface area contributed by atoms with Gasteiger partial charge in [-0.2, -0.15) is 5.10 Å². The Balaban J connectivity index is 2.27. The number of aliphatic hydroxyl groups is 1. The molecule has 0 spiro atoms. The molecule has 2 aromatic rings. The summed E-state index contributed by atoms with van der Waals surface area (Å²) in [6.45, 7) is 6.85.